The summed E-state index contributed by atoms with van der Waals surface area (Å²) in [4.78, 5) is 26.0. The van der Waals surface area contributed by atoms with E-state index in [1.54, 1.807) is 31.3 Å². The molecule has 0 saturated heterocycles. The number of anilines is 1. The molecule has 134 valence electrons. The summed E-state index contributed by atoms with van der Waals surface area (Å²) in [5.74, 6) is -1.09. The van der Waals surface area contributed by atoms with Crippen molar-refractivity contribution >= 4 is 52.2 Å². The van der Waals surface area contributed by atoms with Crippen molar-refractivity contribution < 1.29 is 14.7 Å². The molecule has 25 heavy (non-hydrogen) atoms. The molecule has 1 heterocycles. The van der Waals surface area contributed by atoms with Crippen molar-refractivity contribution in [3.63, 3.8) is 0 Å². The summed E-state index contributed by atoms with van der Waals surface area (Å²) in [5.41, 5.74) is 1.01. The summed E-state index contributed by atoms with van der Waals surface area (Å²) >= 11 is 13.0. The zero-order valence-corrected chi connectivity index (χ0v) is 16.1. The lowest BCUT2D eigenvalue weighted by Gasteiger charge is -2.17. The largest absolute Gasteiger partial charge is 0.477 e. The van der Waals surface area contributed by atoms with Crippen LogP contribution in [0.5, 0.6) is 0 Å². The van der Waals surface area contributed by atoms with Gasteiger partial charge in [-0.05, 0) is 30.2 Å². The van der Waals surface area contributed by atoms with Gasteiger partial charge in [0.25, 0.3) is 0 Å². The lowest BCUT2D eigenvalue weighted by molar-refractivity contribution is 0.0703. The Bertz CT molecular complexity index is 792. The molecule has 0 aliphatic heterocycles. The Kier molecular flexibility index (Phi) is 6.70. The molecule has 2 amide bonds. The molecule has 0 bridgehead atoms. The van der Waals surface area contributed by atoms with Crippen molar-refractivity contribution in [2.24, 2.45) is 0 Å². The zero-order chi connectivity index (χ0) is 18.6. The second-order valence-corrected chi connectivity index (χ2v) is 7.36. The van der Waals surface area contributed by atoms with E-state index in [0.717, 1.165) is 29.7 Å². The molecule has 2 N–H and O–H groups in total. The standard InChI is InChI=1S/C17H18Cl2N2O3S/c1-3-4-7-21(2)17(24)20-13-9-14(25-15(13)16(22)23)10-5-6-11(18)12(19)8-10/h5-6,8-9H,3-4,7H2,1-2H3,(H,20,24)(H,22,23). The summed E-state index contributed by atoms with van der Waals surface area (Å²) < 4.78 is 0. The summed E-state index contributed by atoms with van der Waals surface area (Å²) in [7, 11) is 1.68. The lowest BCUT2D eigenvalue weighted by Crippen LogP contribution is -2.32. The molecule has 2 rings (SSSR count). The number of hydrogen-bond donors (Lipinski definition) is 2. The van der Waals surface area contributed by atoms with Gasteiger partial charge in [-0.15, -0.1) is 11.3 Å². The highest BCUT2D eigenvalue weighted by atomic mass is 35.5. The van der Waals surface area contributed by atoms with Crippen LogP contribution in [0.25, 0.3) is 10.4 Å². The van der Waals surface area contributed by atoms with Crippen molar-refractivity contribution in [3.8, 4) is 10.4 Å². The number of nitrogens with zero attached hydrogens (tertiary/aromatic N) is 1. The van der Waals surface area contributed by atoms with E-state index in [1.165, 1.54) is 4.90 Å². The number of hydrogen-bond acceptors (Lipinski definition) is 3. The topological polar surface area (TPSA) is 69.6 Å². The second kappa shape index (κ2) is 8.56. The van der Waals surface area contributed by atoms with E-state index in [-0.39, 0.29) is 16.6 Å². The quantitative estimate of drug-likeness (QED) is 0.654. The Labute approximate surface area is 160 Å². The van der Waals surface area contributed by atoms with E-state index in [0.29, 0.717) is 21.5 Å². The predicted molar refractivity (Wildman–Crippen MR) is 103 cm³/mol. The number of benzene rings is 1. The zero-order valence-electron chi connectivity index (χ0n) is 13.8. The van der Waals surface area contributed by atoms with Gasteiger partial charge in [-0.25, -0.2) is 9.59 Å². The first-order valence-electron chi connectivity index (χ1n) is 7.68. The van der Waals surface area contributed by atoms with Crippen LogP contribution in [0.1, 0.15) is 29.4 Å². The van der Waals surface area contributed by atoms with Crippen LogP contribution in [0, 0.1) is 0 Å². The maximum atomic E-state index is 12.2. The SMILES string of the molecule is CCCCN(C)C(=O)Nc1cc(-c2ccc(Cl)c(Cl)c2)sc1C(=O)O. The van der Waals surface area contributed by atoms with E-state index in [9.17, 15) is 14.7 Å². The van der Waals surface area contributed by atoms with Crippen LogP contribution in [0.4, 0.5) is 10.5 Å². The summed E-state index contributed by atoms with van der Waals surface area (Å²) in [5, 5.41) is 12.9. The number of aromatic carboxylic acids is 1. The van der Waals surface area contributed by atoms with Crippen LogP contribution < -0.4 is 5.32 Å². The molecule has 0 atom stereocenters. The van der Waals surface area contributed by atoms with E-state index < -0.39 is 5.97 Å². The first-order chi connectivity index (χ1) is 11.8. The van der Waals surface area contributed by atoms with E-state index in [4.69, 9.17) is 23.2 Å². The molecule has 0 aliphatic rings. The van der Waals surface area contributed by atoms with Crippen molar-refractivity contribution in [3.05, 3.63) is 39.2 Å². The van der Waals surface area contributed by atoms with Gasteiger partial charge in [0.2, 0.25) is 0 Å². The number of carbonyl (C=O) groups is 2. The van der Waals surface area contributed by atoms with Gasteiger partial charge in [0, 0.05) is 18.5 Å². The predicted octanol–water partition coefficient (Wildman–Crippen LogP) is 5.68. The first kappa shape index (κ1) is 19.6. The Balaban J connectivity index is 2.29. The number of carbonyl (C=O) groups excluding carboxylic acids is 1. The fourth-order valence-corrected chi connectivity index (χ4v) is 3.39. The molecule has 0 unspecified atom stereocenters. The molecule has 0 saturated carbocycles. The molecule has 0 aliphatic carbocycles. The van der Waals surface area contributed by atoms with E-state index in [1.807, 2.05) is 6.92 Å². The van der Waals surface area contributed by atoms with Crippen LogP contribution in [-0.2, 0) is 0 Å². The number of unbranched alkanes of at least 4 members (excludes halogenated alkanes) is 1. The van der Waals surface area contributed by atoms with Crippen LogP contribution in [0.2, 0.25) is 10.0 Å². The summed E-state index contributed by atoms with van der Waals surface area (Å²) in [6, 6.07) is 6.37. The third-order valence-corrected chi connectivity index (χ3v) is 5.48. The highest BCUT2D eigenvalue weighted by molar-refractivity contribution is 7.18. The van der Waals surface area contributed by atoms with Gasteiger partial charge in [-0.3, -0.25) is 0 Å². The number of nitrogens with one attached hydrogen (secondary N) is 1. The second-order valence-electron chi connectivity index (χ2n) is 5.49. The molecule has 0 spiro atoms. The van der Waals surface area contributed by atoms with Crippen LogP contribution >= 0.6 is 34.5 Å². The number of urea groups is 1. The number of thiophene rings is 1. The maximum Gasteiger partial charge on any atom is 0.348 e. The van der Waals surface area contributed by atoms with Crippen LogP contribution in [0.3, 0.4) is 0 Å². The molecular weight excluding hydrogens is 383 g/mol. The summed E-state index contributed by atoms with van der Waals surface area (Å²) in [6.45, 7) is 2.64. The number of carboxylic acid groups (broad SMARTS) is 1. The lowest BCUT2D eigenvalue weighted by atomic mass is 10.2. The number of amides is 2. The Morgan fingerprint density at radius 1 is 1.24 bits per heavy atom. The average Bonchev–Trinajstić information content (AvgIpc) is 2.99. The fraction of sp³-hybridized carbons (Fsp3) is 0.294. The van der Waals surface area contributed by atoms with Crippen molar-refractivity contribution in [2.75, 3.05) is 18.9 Å². The number of carboxylic acids is 1. The highest BCUT2D eigenvalue weighted by Gasteiger charge is 2.19. The van der Waals surface area contributed by atoms with Crippen LogP contribution in [-0.4, -0.2) is 35.6 Å². The Morgan fingerprint density at radius 3 is 2.56 bits per heavy atom. The minimum atomic E-state index is -1.09. The van der Waals surface area contributed by atoms with Gasteiger partial charge >= 0.3 is 12.0 Å². The fourth-order valence-electron chi connectivity index (χ4n) is 2.14. The molecule has 0 radical (unpaired) electrons. The maximum absolute atomic E-state index is 12.2. The Hall–Kier alpha value is -1.76. The molecule has 5 nitrogen and oxygen atoms in total. The first-order valence-corrected chi connectivity index (χ1v) is 9.25. The van der Waals surface area contributed by atoms with Gasteiger partial charge in [0.1, 0.15) is 4.88 Å². The summed E-state index contributed by atoms with van der Waals surface area (Å²) in [6.07, 6.45) is 1.85. The van der Waals surface area contributed by atoms with Gasteiger partial charge in [-0.2, -0.15) is 0 Å². The third-order valence-electron chi connectivity index (χ3n) is 3.57. The normalized spacial score (nSPS) is 10.6. The molecule has 0 fully saturated rings. The van der Waals surface area contributed by atoms with Crippen LogP contribution in [0.15, 0.2) is 24.3 Å². The minimum absolute atomic E-state index is 0.0679. The monoisotopic (exact) mass is 400 g/mol. The molecule has 8 heteroatoms. The van der Waals surface area contributed by atoms with Gasteiger partial charge < -0.3 is 15.3 Å². The van der Waals surface area contributed by atoms with Gasteiger partial charge in [0.15, 0.2) is 0 Å². The third kappa shape index (κ3) is 4.87. The smallest absolute Gasteiger partial charge is 0.348 e. The van der Waals surface area contributed by atoms with Gasteiger partial charge in [-0.1, -0.05) is 42.6 Å². The Morgan fingerprint density at radius 2 is 1.96 bits per heavy atom. The highest BCUT2D eigenvalue weighted by Crippen LogP contribution is 2.37. The van der Waals surface area contributed by atoms with Crippen molar-refractivity contribution in [2.45, 2.75) is 19.8 Å². The van der Waals surface area contributed by atoms with E-state index in [2.05, 4.69) is 5.32 Å². The number of rotatable bonds is 6. The average molecular weight is 401 g/mol. The van der Waals surface area contributed by atoms with Crippen molar-refractivity contribution in [1.29, 1.82) is 0 Å². The molecule has 1 aromatic heterocycles. The van der Waals surface area contributed by atoms with Crippen molar-refractivity contribution in [1.82, 2.24) is 4.90 Å². The van der Waals surface area contributed by atoms with E-state index >= 15 is 0 Å². The molecular formula is C17H18Cl2N2O3S. The minimum Gasteiger partial charge on any atom is -0.477 e. The molecule has 2 aromatic rings. The molecule has 1 aromatic carbocycles. The number of halogens is 2. The van der Waals surface area contributed by atoms with Gasteiger partial charge in [0.05, 0.1) is 15.7 Å².